The second kappa shape index (κ2) is 6.67. The van der Waals surface area contributed by atoms with Gasteiger partial charge in [-0.3, -0.25) is 4.79 Å². The molecule has 24 heavy (non-hydrogen) atoms. The summed E-state index contributed by atoms with van der Waals surface area (Å²) < 4.78 is 19.0. The Kier molecular flexibility index (Phi) is 4.43. The molecule has 1 heterocycles. The Morgan fingerprint density at radius 1 is 1.17 bits per heavy atom. The van der Waals surface area contributed by atoms with Gasteiger partial charge in [0.2, 0.25) is 0 Å². The third kappa shape index (κ3) is 2.93. The maximum atomic E-state index is 13.3. The molecule has 0 spiro atoms. The van der Waals surface area contributed by atoms with Crippen molar-refractivity contribution in [2.75, 3.05) is 6.61 Å². The van der Waals surface area contributed by atoms with Gasteiger partial charge in [0.1, 0.15) is 17.4 Å². The first-order chi connectivity index (χ1) is 11.6. The Morgan fingerprint density at radius 3 is 2.42 bits per heavy atom. The van der Waals surface area contributed by atoms with Crippen molar-refractivity contribution in [1.29, 1.82) is 5.26 Å². The minimum absolute atomic E-state index is 0.0517. The quantitative estimate of drug-likeness (QED) is 0.856. The fourth-order valence-corrected chi connectivity index (χ4v) is 3.06. The van der Waals surface area contributed by atoms with Gasteiger partial charge in [-0.2, -0.15) is 5.26 Å². The van der Waals surface area contributed by atoms with Crippen LogP contribution < -0.4 is 0 Å². The maximum absolute atomic E-state index is 13.3. The number of ketones is 1. The number of hydrogen-bond acceptors (Lipinski definition) is 3. The maximum Gasteiger partial charge on any atom is 0.140 e. The fraction of sp³-hybridized carbons (Fsp3) is 0.200. The molecule has 0 radical (unpaired) electrons. The number of allylic oxidation sites excluding steroid dienone is 1. The van der Waals surface area contributed by atoms with E-state index in [0.717, 1.165) is 11.1 Å². The first-order valence-corrected chi connectivity index (χ1v) is 7.70. The number of hydrogen-bond donors (Lipinski definition) is 0. The van der Waals surface area contributed by atoms with Crippen LogP contribution in [-0.2, 0) is 9.53 Å². The van der Waals surface area contributed by atoms with Crippen molar-refractivity contribution >= 4 is 11.5 Å². The van der Waals surface area contributed by atoms with E-state index in [1.165, 1.54) is 19.1 Å². The van der Waals surface area contributed by atoms with Gasteiger partial charge in [-0.15, -0.1) is 0 Å². The molecule has 1 aliphatic heterocycles. The molecule has 0 unspecified atom stereocenters. The largest absolute Gasteiger partial charge is 0.491 e. The van der Waals surface area contributed by atoms with Gasteiger partial charge in [0.25, 0.3) is 0 Å². The van der Waals surface area contributed by atoms with Crippen molar-refractivity contribution in [1.82, 2.24) is 0 Å². The molecular formula is C20H16FNO2. The summed E-state index contributed by atoms with van der Waals surface area (Å²) in [5.41, 5.74) is 1.94. The Hall–Kier alpha value is -2.93. The minimum atomic E-state index is -0.461. The third-order valence-electron chi connectivity index (χ3n) is 4.27. The Labute approximate surface area is 140 Å². The highest BCUT2D eigenvalue weighted by atomic mass is 19.1. The molecular weight excluding hydrogens is 305 g/mol. The number of ether oxygens (including phenoxy) is 1. The molecule has 0 aromatic heterocycles. The topological polar surface area (TPSA) is 50.1 Å². The smallest absolute Gasteiger partial charge is 0.140 e. The molecule has 3 rings (SSSR count). The van der Waals surface area contributed by atoms with Gasteiger partial charge in [-0.1, -0.05) is 42.5 Å². The van der Waals surface area contributed by atoms with Crippen LogP contribution in [0, 0.1) is 23.1 Å². The molecule has 0 amide bonds. The van der Waals surface area contributed by atoms with Crippen LogP contribution in [0.1, 0.15) is 24.0 Å². The molecule has 0 fully saturated rings. The number of halogens is 1. The molecule has 2 atom stereocenters. The molecule has 0 bridgehead atoms. The van der Waals surface area contributed by atoms with Crippen LogP contribution in [0.2, 0.25) is 0 Å². The lowest BCUT2D eigenvalue weighted by Gasteiger charge is -2.32. The minimum Gasteiger partial charge on any atom is -0.491 e. The van der Waals surface area contributed by atoms with Crippen LogP contribution in [0.5, 0.6) is 0 Å². The van der Waals surface area contributed by atoms with Crippen LogP contribution >= 0.6 is 0 Å². The molecule has 1 aliphatic rings. The summed E-state index contributed by atoms with van der Waals surface area (Å²) in [4.78, 5) is 12.1. The monoisotopic (exact) mass is 321 g/mol. The standard InChI is InChI=1S/C20H16FNO2/c1-13(23)18-12-24-20(15-5-3-2-4-6-15)17(11-22)19(18)14-7-9-16(21)10-8-14/h2-10,18-19H,12H2,1H3/t18-,19+/m1/s1. The molecule has 4 heteroatoms. The fourth-order valence-electron chi connectivity index (χ4n) is 3.06. The predicted octanol–water partition coefficient (Wildman–Crippen LogP) is 4.08. The summed E-state index contributed by atoms with van der Waals surface area (Å²) in [7, 11) is 0. The summed E-state index contributed by atoms with van der Waals surface area (Å²) in [5, 5.41) is 9.74. The lowest BCUT2D eigenvalue weighted by Crippen LogP contribution is -2.30. The Bertz CT molecular complexity index is 819. The average molecular weight is 321 g/mol. The summed E-state index contributed by atoms with van der Waals surface area (Å²) in [5.74, 6) is -0.806. The summed E-state index contributed by atoms with van der Waals surface area (Å²) >= 11 is 0. The van der Waals surface area contributed by atoms with Gasteiger partial charge in [0.05, 0.1) is 24.2 Å². The van der Waals surface area contributed by atoms with E-state index in [-0.39, 0.29) is 18.2 Å². The Morgan fingerprint density at radius 2 is 1.83 bits per heavy atom. The highest BCUT2D eigenvalue weighted by Gasteiger charge is 2.37. The zero-order valence-corrected chi connectivity index (χ0v) is 13.2. The lowest BCUT2D eigenvalue weighted by molar-refractivity contribution is -0.122. The molecule has 2 aromatic rings. The van der Waals surface area contributed by atoms with Crippen LogP contribution in [0.25, 0.3) is 5.76 Å². The molecule has 2 aromatic carbocycles. The van der Waals surface area contributed by atoms with Gasteiger partial charge >= 0.3 is 0 Å². The van der Waals surface area contributed by atoms with Crippen molar-refractivity contribution in [3.8, 4) is 6.07 Å². The zero-order chi connectivity index (χ0) is 17.1. The van der Waals surface area contributed by atoms with Gasteiger partial charge in [0.15, 0.2) is 0 Å². The average Bonchev–Trinajstić information content (AvgIpc) is 2.61. The van der Waals surface area contributed by atoms with Crippen molar-refractivity contribution in [3.63, 3.8) is 0 Å². The van der Waals surface area contributed by atoms with Crippen molar-refractivity contribution in [3.05, 3.63) is 77.1 Å². The normalized spacial score (nSPS) is 20.2. The van der Waals surface area contributed by atoms with Crippen LogP contribution in [0.15, 0.2) is 60.2 Å². The van der Waals surface area contributed by atoms with E-state index >= 15 is 0 Å². The van der Waals surface area contributed by atoms with Crippen LogP contribution in [-0.4, -0.2) is 12.4 Å². The number of nitriles is 1. The molecule has 3 nitrogen and oxygen atoms in total. The van der Waals surface area contributed by atoms with Gasteiger partial charge in [-0.25, -0.2) is 4.39 Å². The third-order valence-corrected chi connectivity index (χ3v) is 4.27. The summed E-state index contributed by atoms with van der Waals surface area (Å²) in [6, 6.07) is 17.5. The molecule has 120 valence electrons. The van der Waals surface area contributed by atoms with Crippen LogP contribution in [0.4, 0.5) is 4.39 Å². The second-order valence-corrected chi connectivity index (χ2v) is 5.78. The molecule has 0 aliphatic carbocycles. The number of rotatable bonds is 3. The SMILES string of the molecule is CC(=O)[C@H]1COC(c2ccccc2)=C(C#N)[C@@H]1c1ccc(F)cc1. The number of carbonyl (C=O) groups is 1. The van der Waals surface area contributed by atoms with Gasteiger partial charge in [0, 0.05) is 11.5 Å². The summed E-state index contributed by atoms with van der Waals surface area (Å²) in [6.07, 6.45) is 0. The first kappa shape index (κ1) is 15.9. The highest BCUT2D eigenvalue weighted by Crippen LogP contribution is 2.41. The van der Waals surface area contributed by atoms with Gasteiger partial charge in [-0.05, 0) is 24.6 Å². The van der Waals surface area contributed by atoms with Crippen molar-refractivity contribution in [2.24, 2.45) is 5.92 Å². The van der Waals surface area contributed by atoms with Crippen molar-refractivity contribution in [2.45, 2.75) is 12.8 Å². The highest BCUT2D eigenvalue weighted by molar-refractivity contribution is 5.83. The number of benzene rings is 2. The molecule has 0 saturated carbocycles. The van der Waals surface area contributed by atoms with Gasteiger partial charge < -0.3 is 4.74 Å². The number of nitrogens with zero attached hydrogens (tertiary/aromatic N) is 1. The predicted molar refractivity (Wildman–Crippen MR) is 88.2 cm³/mol. The lowest BCUT2D eigenvalue weighted by atomic mass is 9.77. The number of carbonyl (C=O) groups excluding carboxylic acids is 1. The Balaban J connectivity index is 2.16. The van der Waals surface area contributed by atoms with E-state index in [9.17, 15) is 14.4 Å². The van der Waals surface area contributed by atoms with E-state index in [0.29, 0.717) is 11.3 Å². The molecule has 0 saturated heterocycles. The summed E-state index contributed by atoms with van der Waals surface area (Å²) in [6.45, 7) is 1.69. The second-order valence-electron chi connectivity index (χ2n) is 5.78. The van der Waals surface area contributed by atoms with E-state index in [4.69, 9.17) is 4.74 Å². The van der Waals surface area contributed by atoms with E-state index in [2.05, 4.69) is 6.07 Å². The molecule has 0 N–H and O–H groups in total. The van der Waals surface area contributed by atoms with Crippen LogP contribution in [0.3, 0.4) is 0 Å². The first-order valence-electron chi connectivity index (χ1n) is 7.70. The zero-order valence-electron chi connectivity index (χ0n) is 13.2. The van der Waals surface area contributed by atoms with E-state index < -0.39 is 11.8 Å². The van der Waals surface area contributed by atoms with Crippen molar-refractivity contribution < 1.29 is 13.9 Å². The number of Topliss-reactive ketones (excluding diaryl/α,β-unsaturated/α-hetero) is 1. The van der Waals surface area contributed by atoms with E-state index in [1.54, 1.807) is 12.1 Å². The van der Waals surface area contributed by atoms with E-state index in [1.807, 2.05) is 30.3 Å².